The molecule has 0 N–H and O–H groups in total. The van der Waals surface area contributed by atoms with Gasteiger partial charge >= 0.3 is 0 Å². The van der Waals surface area contributed by atoms with Crippen molar-refractivity contribution in [2.24, 2.45) is 10.1 Å². The Labute approximate surface area is 137 Å². The lowest BCUT2D eigenvalue weighted by Gasteiger charge is -2.08. The van der Waals surface area contributed by atoms with E-state index in [2.05, 4.69) is 15.0 Å². The van der Waals surface area contributed by atoms with E-state index < -0.39 is 34.7 Å². The smallest absolute Gasteiger partial charge is 0.201 e. The normalized spacial score (nSPS) is 11.3. The predicted molar refractivity (Wildman–Crippen MR) is 90.6 cm³/mol. The van der Waals surface area contributed by atoms with Crippen molar-refractivity contribution in [1.29, 1.82) is 5.26 Å². The van der Waals surface area contributed by atoms with E-state index in [1.807, 2.05) is 13.8 Å². The van der Waals surface area contributed by atoms with E-state index in [4.69, 9.17) is 11.8 Å². The summed E-state index contributed by atoms with van der Waals surface area (Å²) in [5.41, 5.74) is -2.77. The molecular formula is C15H26F4N4. The van der Waals surface area contributed by atoms with E-state index in [9.17, 15) is 17.6 Å². The number of halogens is 4. The molecular weight excluding hydrogens is 312 g/mol. The van der Waals surface area contributed by atoms with Gasteiger partial charge in [0.2, 0.25) is 11.9 Å². The summed E-state index contributed by atoms with van der Waals surface area (Å²) in [6.45, 7) is 10.2. The van der Waals surface area contributed by atoms with Gasteiger partial charge in [-0.1, -0.05) is 51.0 Å². The SMILES string of the molecule is C.C.C.C.C.CC.[C-]#[N+]N=C1C(F)=C(F)C(=NC#N)C(F)=C1F. The van der Waals surface area contributed by atoms with Gasteiger partial charge in [0.05, 0.1) is 5.10 Å². The van der Waals surface area contributed by atoms with Crippen molar-refractivity contribution in [1.82, 2.24) is 0 Å². The Kier molecular flexibility index (Phi) is 28.3. The summed E-state index contributed by atoms with van der Waals surface area (Å²) in [6.07, 6.45) is 0.992. The molecule has 0 aromatic carbocycles. The fourth-order valence-electron chi connectivity index (χ4n) is 0.894. The van der Waals surface area contributed by atoms with Crippen LogP contribution >= 0.6 is 0 Å². The number of nitriles is 1. The summed E-state index contributed by atoms with van der Waals surface area (Å²) in [5, 5.41) is 10.6. The molecule has 0 saturated heterocycles. The van der Waals surface area contributed by atoms with E-state index >= 15 is 0 Å². The van der Waals surface area contributed by atoms with Crippen LogP contribution in [0.5, 0.6) is 0 Å². The number of rotatable bonds is 0. The minimum absolute atomic E-state index is 0. The molecule has 8 heteroatoms. The molecule has 0 heterocycles. The number of allylic oxidation sites excluding steroid dienone is 4. The van der Waals surface area contributed by atoms with Crippen molar-refractivity contribution < 1.29 is 17.6 Å². The van der Waals surface area contributed by atoms with E-state index in [1.165, 1.54) is 0 Å². The zero-order chi connectivity index (χ0) is 14.3. The Morgan fingerprint density at radius 1 is 0.826 bits per heavy atom. The first kappa shape index (κ1) is 37.1. The lowest BCUT2D eigenvalue weighted by Crippen LogP contribution is -2.17. The van der Waals surface area contributed by atoms with Crippen LogP contribution in [-0.2, 0) is 0 Å². The van der Waals surface area contributed by atoms with Crippen LogP contribution in [0.1, 0.15) is 51.0 Å². The van der Waals surface area contributed by atoms with Crippen LogP contribution < -0.4 is 0 Å². The standard InChI is InChI=1S/C8F4N4.C2H6.5CH4/c1-14-16-8-5(11)3(9)7(15-2-13)4(10)6(8)12;1-2;;;;;/h;1-2H3;5*1H4. The second kappa shape index (κ2) is 17.6. The van der Waals surface area contributed by atoms with Crippen LogP contribution in [0, 0.1) is 18.0 Å². The van der Waals surface area contributed by atoms with E-state index in [0.717, 1.165) is 6.19 Å². The predicted octanol–water partition coefficient (Wildman–Crippen LogP) is 6.71. The minimum atomic E-state index is -1.87. The molecule has 1 rings (SSSR count). The number of hydrogen-bond donors (Lipinski definition) is 0. The van der Waals surface area contributed by atoms with Gasteiger partial charge in [-0.15, -0.1) is 4.95 Å². The topological polar surface area (TPSA) is 52.9 Å². The maximum atomic E-state index is 13.0. The molecule has 0 fully saturated rings. The first-order valence-electron chi connectivity index (χ1n) is 4.57. The van der Waals surface area contributed by atoms with Gasteiger partial charge in [-0.05, 0) is 0 Å². The Hall–Kier alpha value is -2.48. The molecule has 0 unspecified atom stereocenters. The third-order valence-corrected chi connectivity index (χ3v) is 1.53. The molecule has 0 atom stereocenters. The number of nitrogens with zero attached hydrogens (tertiary/aromatic N) is 4. The molecule has 0 aliphatic heterocycles. The molecule has 0 radical (unpaired) electrons. The van der Waals surface area contributed by atoms with Crippen molar-refractivity contribution in [3.05, 3.63) is 34.8 Å². The summed E-state index contributed by atoms with van der Waals surface area (Å²) in [4.78, 5) is 4.84. The highest BCUT2D eigenvalue weighted by molar-refractivity contribution is 6.25. The van der Waals surface area contributed by atoms with Crippen LogP contribution in [0.25, 0.3) is 4.95 Å². The van der Waals surface area contributed by atoms with Crippen LogP contribution in [0.3, 0.4) is 0 Å². The van der Waals surface area contributed by atoms with Gasteiger partial charge in [-0.3, -0.25) is 0 Å². The average molecular weight is 338 g/mol. The maximum Gasteiger partial charge on any atom is 0.223 e. The highest BCUT2D eigenvalue weighted by atomic mass is 19.2. The molecule has 1 aliphatic rings. The summed E-state index contributed by atoms with van der Waals surface area (Å²) in [7, 11) is 0. The van der Waals surface area contributed by atoms with E-state index in [0.29, 0.717) is 0 Å². The summed E-state index contributed by atoms with van der Waals surface area (Å²) >= 11 is 0. The monoisotopic (exact) mass is 338 g/mol. The van der Waals surface area contributed by atoms with Crippen molar-refractivity contribution in [3.8, 4) is 6.19 Å². The fourth-order valence-corrected chi connectivity index (χ4v) is 0.894. The minimum Gasteiger partial charge on any atom is -0.201 e. The van der Waals surface area contributed by atoms with Gasteiger partial charge in [0.1, 0.15) is 0 Å². The molecule has 0 saturated carbocycles. The molecule has 1 aliphatic carbocycles. The summed E-state index contributed by atoms with van der Waals surface area (Å²) in [5.74, 6) is -7.49. The Morgan fingerprint density at radius 3 is 1.39 bits per heavy atom. The highest BCUT2D eigenvalue weighted by Gasteiger charge is 2.36. The lowest BCUT2D eigenvalue weighted by molar-refractivity contribution is 0.546. The van der Waals surface area contributed by atoms with Gasteiger partial charge in [-0.2, -0.15) is 16.8 Å². The molecule has 0 spiro atoms. The molecule has 0 aromatic heterocycles. The number of aliphatic imine (C=N–C) groups is 1. The van der Waals surface area contributed by atoms with Crippen LogP contribution in [-0.4, -0.2) is 11.4 Å². The third-order valence-electron chi connectivity index (χ3n) is 1.53. The van der Waals surface area contributed by atoms with Crippen molar-refractivity contribution in [2.45, 2.75) is 51.0 Å². The molecule has 0 aromatic rings. The van der Waals surface area contributed by atoms with Gasteiger partial charge in [0.25, 0.3) is 0 Å². The first-order valence-corrected chi connectivity index (χ1v) is 4.57. The van der Waals surface area contributed by atoms with Crippen molar-refractivity contribution in [3.63, 3.8) is 0 Å². The Morgan fingerprint density at radius 2 is 1.13 bits per heavy atom. The van der Waals surface area contributed by atoms with Crippen molar-refractivity contribution >= 4 is 11.4 Å². The molecule has 134 valence electrons. The first-order chi connectivity index (χ1) is 8.54. The zero-order valence-electron chi connectivity index (χ0n) is 9.30. The quantitative estimate of drug-likeness (QED) is 0.159. The molecule has 4 nitrogen and oxygen atoms in total. The number of hydrogen-bond acceptors (Lipinski definition) is 3. The van der Waals surface area contributed by atoms with Gasteiger partial charge in [-0.25, -0.2) is 17.6 Å². The second-order valence-corrected chi connectivity index (χ2v) is 2.36. The zero-order valence-corrected chi connectivity index (χ0v) is 9.30. The van der Waals surface area contributed by atoms with Gasteiger partial charge in [0.15, 0.2) is 29.0 Å². The highest BCUT2D eigenvalue weighted by Crippen LogP contribution is 2.29. The third kappa shape index (κ3) is 7.91. The van der Waals surface area contributed by atoms with Gasteiger partial charge in [0, 0.05) is 0 Å². The van der Waals surface area contributed by atoms with Crippen molar-refractivity contribution in [2.75, 3.05) is 0 Å². The van der Waals surface area contributed by atoms with E-state index in [1.54, 1.807) is 0 Å². The Balaban J connectivity index is -0.0000000992. The van der Waals surface area contributed by atoms with Crippen LogP contribution in [0.4, 0.5) is 17.6 Å². The maximum absolute atomic E-state index is 13.0. The van der Waals surface area contributed by atoms with Crippen LogP contribution in [0.2, 0.25) is 0 Å². The fraction of sp³-hybridized carbons (Fsp3) is 0.467. The summed E-state index contributed by atoms with van der Waals surface area (Å²) < 4.78 is 52.1. The second-order valence-electron chi connectivity index (χ2n) is 2.36. The molecule has 23 heavy (non-hydrogen) atoms. The molecule has 0 bridgehead atoms. The lowest BCUT2D eigenvalue weighted by atomic mass is 10.1. The largest absolute Gasteiger partial charge is 0.223 e. The summed E-state index contributed by atoms with van der Waals surface area (Å²) in [6, 6.07) is 0. The van der Waals surface area contributed by atoms with Gasteiger partial charge < -0.3 is 0 Å². The van der Waals surface area contributed by atoms with E-state index in [-0.39, 0.29) is 37.1 Å². The molecule has 0 amide bonds. The Bertz CT molecular complexity index is 469. The van der Waals surface area contributed by atoms with Crippen LogP contribution in [0.15, 0.2) is 33.4 Å². The average Bonchev–Trinajstić information content (AvgIpc) is 2.40.